The van der Waals surface area contributed by atoms with E-state index in [4.69, 9.17) is 4.65 Å². The normalized spacial score (nSPS) is 12.4. The Kier molecular flexibility index (Phi) is 10.7. The van der Waals surface area contributed by atoms with Gasteiger partial charge in [-0.15, -0.1) is 0 Å². The van der Waals surface area contributed by atoms with Gasteiger partial charge in [0.2, 0.25) is 0 Å². The van der Waals surface area contributed by atoms with Crippen LogP contribution in [0.4, 0.5) is 0 Å². The van der Waals surface area contributed by atoms with Crippen LogP contribution in [0.15, 0.2) is 0 Å². The zero-order chi connectivity index (χ0) is 10.5. The maximum Gasteiger partial charge on any atom is 1.00 e. The molecule has 0 aromatic carbocycles. The zero-order valence-corrected chi connectivity index (χ0v) is 16.4. The smallest absolute Gasteiger partial charge is 0.667 e. The van der Waals surface area contributed by atoms with E-state index in [1.165, 1.54) is 24.2 Å². The summed E-state index contributed by atoms with van der Waals surface area (Å²) in [6.45, 7) is 14.2. The van der Waals surface area contributed by atoms with Crippen LogP contribution >= 0.6 is 0 Å². The molecule has 0 bridgehead atoms. The van der Waals surface area contributed by atoms with Crippen molar-refractivity contribution >= 4 is 16.5 Å². The van der Waals surface area contributed by atoms with Crippen LogP contribution in [0.5, 0.6) is 0 Å². The molecule has 0 aromatic rings. The molecule has 0 saturated heterocycles. The van der Waals surface area contributed by atoms with Crippen LogP contribution in [-0.2, 0) is 0 Å². The van der Waals surface area contributed by atoms with Gasteiger partial charge in [-0.2, -0.15) is 0 Å². The Hall–Kier alpha value is 2.03. The van der Waals surface area contributed by atoms with Gasteiger partial charge >= 0.3 is 51.4 Å². The molecule has 0 aromatic heterocycles. The van der Waals surface area contributed by atoms with Crippen molar-refractivity contribution in [2.24, 2.45) is 0 Å². The van der Waals surface area contributed by atoms with Crippen molar-refractivity contribution in [3.63, 3.8) is 0 Å². The van der Waals surface area contributed by atoms with E-state index < -0.39 is 16.5 Å². The third-order valence-corrected chi connectivity index (χ3v) is 14.0. The van der Waals surface area contributed by atoms with Crippen LogP contribution in [-0.4, -0.2) is 16.5 Å². The van der Waals surface area contributed by atoms with E-state index in [2.05, 4.69) is 40.8 Å². The molecule has 1 nitrogen and oxygen atoms in total. The van der Waals surface area contributed by atoms with Crippen LogP contribution in [0.3, 0.4) is 0 Å². The number of rotatable bonds is 6. The summed E-state index contributed by atoms with van der Waals surface area (Å²) in [5.74, 6) is 0. The molecule has 0 aliphatic carbocycles. The fourth-order valence-corrected chi connectivity index (χ4v) is 10.2. The van der Waals surface area contributed by atoms with Crippen LogP contribution in [0.2, 0.25) is 37.3 Å². The van der Waals surface area contributed by atoms with E-state index in [-0.39, 0.29) is 51.4 Å². The third-order valence-electron chi connectivity index (χ3n) is 3.59. The first-order chi connectivity index (χ1) is 5.95. The van der Waals surface area contributed by atoms with Crippen LogP contribution in [0.1, 0.15) is 27.7 Å². The van der Waals surface area contributed by atoms with E-state index in [0.717, 1.165) is 0 Å². The van der Waals surface area contributed by atoms with Gasteiger partial charge in [0.25, 0.3) is 0 Å². The van der Waals surface area contributed by atoms with Gasteiger partial charge in [-0.1, -0.05) is 81.4 Å². The molecule has 0 rings (SSSR count). The van der Waals surface area contributed by atoms with Crippen molar-refractivity contribution in [3.05, 3.63) is 4.65 Å². The molecule has 80 valence electrons. The molecule has 0 fully saturated rings. The van der Waals surface area contributed by atoms with Gasteiger partial charge in [0.1, 0.15) is 0 Å². The molecule has 4 heteroatoms. The Morgan fingerprint density at radius 3 is 1.07 bits per heavy atom. The second-order valence-electron chi connectivity index (χ2n) is 4.52. The van der Waals surface area contributed by atoms with E-state index in [1.807, 2.05) is 0 Å². The largest absolute Gasteiger partial charge is 1.00 e. The Bertz CT molecular complexity index is 129. The van der Waals surface area contributed by atoms with Gasteiger partial charge in [0.15, 0.2) is 0 Å². The first-order valence-electron chi connectivity index (χ1n) is 5.69. The summed E-state index contributed by atoms with van der Waals surface area (Å²) < 4.78 is 5.29. The Balaban J connectivity index is 0. The molecule has 0 spiro atoms. The summed E-state index contributed by atoms with van der Waals surface area (Å²) in [5.41, 5.74) is 0. The van der Waals surface area contributed by atoms with E-state index in [1.54, 1.807) is 0 Å². The van der Waals surface area contributed by atoms with Crippen molar-refractivity contribution in [2.45, 2.75) is 65.0 Å². The summed E-state index contributed by atoms with van der Waals surface area (Å²) >= 11 is 0. The average Bonchev–Trinajstić information content (AvgIpc) is 2.17. The summed E-state index contributed by atoms with van der Waals surface area (Å²) in [4.78, 5) is 0. The van der Waals surface area contributed by atoms with Gasteiger partial charge in [-0.25, -0.2) is 0 Å². The standard InChI is InChI=1S/C10H26NSi2.K/c1-7-12(5,8-2)11-13(6,9-3)10-4;/h7-10H2,1-6H3;/q-1;+1. The topological polar surface area (TPSA) is 14.1 Å². The first-order valence-corrected chi connectivity index (χ1v) is 11.4. The Labute approximate surface area is 135 Å². The molecular weight excluding hydrogens is 229 g/mol. The van der Waals surface area contributed by atoms with Crippen molar-refractivity contribution < 1.29 is 51.4 Å². The summed E-state index contributed by atoms with van der Waals surface area (Å²) in [5, 5.41) is 0. The molecule has 0 unspecified atom stereocenters. The predicted octanol–water partition coefficient (Wildman–Crippen LogP) is 1.59. The monoisotopic (exact) mass is 255 g/mol. The quantitative estimate of drug-likeness (QED) is 0.640. The number of nitrogens with zero attached hydrogens (tertiary/aromatic N) is 1. The number of hydrogen-bond donors (Lipinski definition) is 0. The van der Waals surface area contributed by atoms with Crippen molar-refractivity contribution in [3.8, 4) is 0 Å². The summed E-state index contributed by atoms with van der Waals surface area (Å²) in [7, 11) is -2.38. The van der Waals surface area contributed by atoms with Gasteiger partial charge in [-0.05, 0) is 0 Å². The van der Waals surface area contributed by atoms with Gasteiger partial charge in [0, 0.05) is 0 Å². The summed E-state index contributed by atoms with van der Waals surface area (Å²) in [6, 6.07) is 5.30. The second kappa shape index (κ2) is 8.17. The molecule has 0 radical (unpaired) electrons. The first kappa shape index (κ1) is 18.4. The maximum atomic E-state index is 5.29. The van der Waals surface area contributed by atoms with Crippen molar-refractivity contribution in [2.75, 3.05) is 0 Å². The molecule has 0 amide bonds. The van der Waals surface area contributed by atoms with Gasteiger partial charge in [-0.3, -0.25) is 0 Å². The Morgan fingerprint density at radius 1 is 0.714 bits per heavy atom. The minimum Gasteiger partial charge on any atom is -0.667 e. The summed E-state index contributed by atoms with van der Waals surface area (Å²) in [6.07, 6.45) is 0. The fourth-order valence-electron chi connectivity index (χ4n) is 1.47. The average molecular weight is 256 g/mol. The molecule has 0 saturated carbocycles. The SMILES string of the molecule is CC[Si](C)(CC)[N-][Si](C)(CC)CC.[K+]. The molecule has 0 atom stereocenters. The van der Waals surface area contributed by atoms with Crippen LogP contribution in [0, 0.1) is 0 Å². The minimum atomic E-state index is -1.19. The molecule has 14 heavy (non-hydrogen) atoms. The maximum absolute atomic E-state index is 5.29. The molecule has 0 aliphatic heterocycles. The molecule has 0 heterocycles. The van der Waals surface area contributed by atoms with E-state index >= 15 is 0 Å². The second-order valence-corrected chi connectivity index (χ2v) is 14.2. The molecule has 0 N–H and O–H groups in total. The molecule has 0 aliphatic rings. The van der Waals surface area contributed by atoms with Crippen LogP contribution in [0.25, 0.3) is 4.65 Å². The van der Waals surface area contributed by atoms with Crippen molar-refractivity contribution in [1.29, 1.82) is 0 Å². The van der Waals surface area contributed by atoms with Gasteiger partial charge in [0.05, 0.1) is 0 Å². The van der Waals surface area contributed by atoms with Gasteiger partial charge < -0.3 is 4.65 Å². The minimum absolute atomic E-state index is 0. The van der Waals surface area contributed by atoms with Crippen LogP contribution < -0.4 is 51.4 Å². The third kappa shape index (κ3) is 5.94. The number of hydrogen-bond acceptors (Lipinski definition) is 0. The van der Waals surface area contributed by atoms with E-state index in [9.17, 15) is 0 Å². The Morgan fingerprint density at radius 2 is 0.929 bits per heavy atom. The fraction of sp³-hybridized carbons (Fsp3) is 1.00. The predicted molar refractivity (Wildman–Crippen MR) is 68.5 cm³/mol. The zero-order valence-electron chi connectivity index (χ0n) is 11.3. The van der Waals surface area contributed by atoms with Crippen molar-refractivity contribution in [1.82, 2.24) is 0 Å². The van der Waals surface area contributed by atoms with E-state index in [0.29, 0.717) is 0 Å². The molecular formula is C10H26KNSi2.